The predicted octanol–water partition coefficient (Wildman–Crippen LogP) is 5.62. The van der Waals surface area contributed by atoms with Crippen molar-refractivity contribution in [3.63, 3.8) is 0 Å². The molecule has 0 heterocycles. The van der Waals surface area contributed by atoms with Gasteiger partial charge in [0.2, 0.25) is 0 Å². The van der Waals surface area contributed by atoms with Gasteiger partial charge < -0.3 is 0 Å². The van der Waals surface area contributed by atoms with Crippen molar-refractivity contribution in [1.29, 1.82) is 0 Å². The number of hydrogen-bond donors (Lipinski definition) is 0. The average molecular weight is 290 g/mol. The standard InChI is InChI=1S/C16H22F4/c1-7-16(6,8-2)10-13(19)11(17)9(15(3,4)5)12(18)14(10)20/h7-8H2,1-6H3. The Morgan fingerprint density at radius 2 is 0.950 bits per heavy atom. The second-order valence-corrected chi connectivity index (χ2v) is 6.52. The summed E-state index contributed by atoms with van der Waals surface area (Å²) in [5.41, 5.74) is -2.95. The van der Waals surface area contributed by atoms with E-state index in [1.165, 1.54) is 20.8 Å². The maximum atomic E-state index is 14.3. The first kappa shape index (κ1) is 17.0. The minimum absolute atomic E-state index is 0.394. The lowest BCUT2D eigenvalue weighted by molar-refractivity contribution is 0.343. The molecule has 0 bridgehead atoms. The van der Waals surface area contributed by atoms with Crippen molar-refractivity contribution in [2.75, 3.05) is 0 Å². The van der Waals surface area contributed by atoms with Crippen LogP contribution >= 0.6 is 0 Å². The molecule has 1 rings (SSSR count). The largest absolute Gasteiger partial charge is 0.203 e. The molecule has 0 spiro atoms. The molecule has 4 heteroatoms. The number of halogens is 4. The van der Waals surface area contributed by atoms with Gasteiger partial charge in [0.1, 0.15) is 0 Å². The lowest BCUT2D eigenvalue weighted by atomic mass is 9.75. The van der Waals surface area contributed by atoms with Crippen molar-refractivity contribution in [3.05, 3.63) is 34.4 Å². The van der Waals surface area contributed by atoms with E-state index in [0.717, 1.165) is 0 Å². The van der Waals surface area contributed by atoms with E-state index in [1.54, 1.807) is 20.8 Å². The third-order valence-corrected chi connectivity index (χ3v) is 4.18. The second-order valence-electron chi connectivity index (χ2n) is 6.52. The van der Waals surface area contributed by atoms with Crippen molar-refractivity contribution in [3.8, 4) is 0 Å². The first-order valence-electron chi connectivity index (χ1n) is 6.88. The highest BCUT2D eigenvalue weighted by Crippen LogP contribution is 2.40. The van der Waals surface area contributed by atoms with Crippen LogP contribution in [0.15, 0.2) is 0 Å². The van der Waals surface area contributed by atoms with Crippen LogP contribution < -0.4 is 0 Å². The van der Waals surface area contributed by atoms with E-state index >= 15 is 0 Å². The van der Waals surface area contributed by atoms with Crippen LogP contribution in [0.3, 0.4) is 0 Å². The fourth-order valence-corrected chi connectivity index (χ4v) is 2.42. The molecular weight excluding hydrogens is 268 g/mol. The third kappa shape index (κ3) is 2.57. The van der Waals surface area contributed by atoms with Gasteiger partial charge in [-0.2, -0.15) is 0 Å². The van der Waals surface area contributed by atoms with Crippen molar-refractivity contribution in [2.24, 2.45) is 0 Å². The Balaban J connectivity index is 3.78. The summed E-state index contributed by atoms with van der Waals surface area (Å²) >= 11 is 0. The Bertz CT molecular complexity index is 479. The molecule has 0 N–H and O–H groups in total. The molecule has 0 aliphatic rings. The van der Waals surface area contributed by atoms with Gasteiger partial charge in [0.25, 0.3) is 0 Å². The highest BCUT2D eigenvalue weighted by atomic mass is 19.2. The van der Waals surface area contributed by atoms with Crippen molar-refractivity contribution >= 4 is 0 Å². The Morgan fingerprint density at radius 3 is 1.20 bits per heavy atom. The van der Waals surface area contributed by atoms with Crippen LogP contribution in [0.25, 0.3) is 0 Å². The quantitative estimate of drug-likeness (QED) is 0.501. The van der Waals surface area contributed by atoms with Crippen LogP contribution in [0, 0.1) is 23.3 Å². The Kier molecular flexibility index (Phi) is 4.57. The van der Waals surface area contributed by atoms with Crippen LogP contribution in [-0.2, 0) is 10.8 Å². The molecule has 1 aromatic carbocycles. The van der Waals surface area contributed by atoms with E-state index in [2.05, 4.69) is 0 Å². The molecular formula is C16H22F4. The van der Waals surface area contributed by atoms with Crippen LogP contribution in [0.5, 0.6) is 0 Å². The van der Waals surface area contributed by atoms with E-state index in [0.29, 0.717) is 12.8 Å². The van der Waals surface area contributed by atoms with Crippen LogP contribution in [0.4, 0.5) is 17.6 Å². The Hall–Kier alpha value is -1.06. The van der Waals surface area contributed by atoms with Crippen LogP contribution in [-0.4, -0.2) is 0 Å². The molecule has 114 valence electrons. The molecule has 20 heavy (non-hydrogen) atoms. The zero-order valence-corrected chi connectivity index (χ0v) is 12.9. The highest BCUT2D eigenvalue weighted by molar-refractivity contribution is 5.37. The van der Waals surface area contributed by atoms with Gasteiger partial charge in [-0.15, -0.1) is 0 Å². The highest BCUT2D eigenvalue weighted by Gasteiger charge is 2.37. The summed E-state index contributed by atoms with van der Waals surface area (Å²) in [5, 5.41) is 0. The number of rotatable bonds is 3. The van der Waals surface area contributed by atoms with Crippen LogP contribution in [0.2, 0.25) is 0 Å². The topological polar surface area (TPSA) is 0 Å². The Labute approximate surface area is 118 Å². The van der Waals surface area contributed by atoms with E-state index in [1.807, 2.05) is 0 Å². The molecule has 0 atom stereocenters. The van der Waals surface area contributed by atoms with Crippen LogP contribution in [0.1, 0.15) is 65.5 Å². The summed E-state index contributed by atoms with van der Waals surface area (Å²) in [5.74, 6) is -5.08. The molecule has 0 saturated carbocycles. The maximum Gasteiger partial charge on any atom is 0.166 e. The molecule has 0 amide bonds. The Morgan fingerprint density at radius 1 is 0.650 bits per heavy atom. The fraction of sp³-hybridized carbons (Fsp3) is 0.625. The lowest BCUT2D eigenvalue weighted by Crippen LogP contribution is -2.28. The lowest BCUT2D eigenvalue weighted by Gasteiger charge is -2.30. The van der Waals surface area contributed by atoms with Gasteiger partial charge in [-0.05, 0) is 23.7 Å². The number of hydrogen-bond acceptors (Lipinski definition) is 0. The minimum Gasteiger partial charge on any atom is -0.203 e. The van der Waals surface area contributed by atoms with Gasteiger partial charge in [-0.1, -0.05) is 41.5 Å². The molecule has 0 unspecified atom stereocenters. The summed E-state index contributed by atoms with van der Waals surface area (Å²) < 4.78 is 57.1. The minimum atomic E-state index is -1.28. The van der Waals surface area contributed by atoms with Crippen molar-refractivity contribution in [2.45, 2.75) is 65.2 Å². The third-order valence-electron chi connectivity index (χ3n) is 4.18. The summed E-state index contributed by atoms with van der Waals surface area (Å²) in [6.07, 6.45) is 0.788. The molecule has 0 aliphatic carbocycles. The number of benzene rings is 1. The van der Waals surface area contributed by atoms with Crippen molar-refractivity contribution in [1.82, 2.24) is 0 Å². The van der Waals surface area contributed by atoms with Crippen molar-refractivity contribution < 1.29 is 17.6 Å². The monoisotopic (exact) mass is 290 g/mol. The van der Waals surface area contributed by atoms with E-state index in [9.17, 15) is 17.6 Å². The van der Waals surface area contributed by atoms with Gasteiger partial charge in [0.05, 0.1) is 0 Å². The summed E-state index contributed by atoms with van der Waals surface area (Å²) in [4.78, 5) is 0. The predicted molar refractivity (Wildman–Crippen MR) is 72.9 cm³/mol. The molecule has 0 fully saturated rings. The van der Waals surface area contributed by atoms with Gasteiger partial charge in [-0.3, -0.25) is 0 Å². The zero-order valence-electron chi connectivity index (χ0n) is 12.9. The summed E-state index contributed by atoms with van der Waals surface area (Å²) in [6.45, 7) is 9.67. The average Bonchev–Trinajstić information content (AvgIpc) is 2.35. The summed E-state index contributed by atoms with van der Waals surface area (Å²) in [7, 11) is 0. The first-order valence-corrected chi connectivity index (χ1v) is 6.88. The van der Waals surface area contributed by atoms with Gasteiger partial charge in [0, 0.05) is 11.1 Å². The fourth-order valence-electron chi connectivity index (χ4n) is 2.42. The van der Waals surface area contributed by atoms with E-state index < -0.39 is 45.2 Å². The van der Waals surface area contributed by atoms with Gasteiger partial charge in [-0.25, -0.2) is 17.6 Å². The van der Waals surface area contributed by atoms with E-state index in [4.69, 9.17) is 0 Å². The SMILES string of the molecule is CCC(C)(CC)c1c(F)c(F)c(C(C)(C)C)c(F)c1F. The molecule has 0 aromatic heterocycles. The summed E-state index contributed by atoms with van der Waals surface area (Å²) in [6, 6.07) is 0. The van der Waals surface area contributed by atoms with E-state index in [-0.39, 0.29) is 0 Å². The molecule has 0 nitrogen and oxygen atoms in total. The smallest absolute Gasteiger partial charge is 0.166 e. The molecule has 0 saturated heterocycles. The molecule has 0 radical (unpaired) electrons. The second kappa shape index (κ2) is 5.38. The maximum absolute atomic E-state index is 14.3. The molecule has 0 aliphatic heterocycles. The first-order chi connectivity index (χ1) is 9.01. The zero-order chi connectivity index (χ0) is 15.9. The normalized spacial score (nSPS) is 12.9. The van der Waals surface area contributed by atoms with Gasteiger partial charge >= 0.3 is 0 Å². The van der Waals surface area contributed by atoms with Gasteiger partial charge in [0.15, 0.2) is 23.3 Å². The molecule has 1 aromatic rings.